The van der Waals surface area contributed by atoms with Crippen molar-refractivity contribution in [1.29, 1.82) is 0 Å². The van der Waals surface area contributed by atoms with Crippen LogP contribution in [0.5, 0.6) is 11.5 Å². The van der Waals surface area contributed by atoms with Gasteiger partial charge in [-0.05, 0) is 0 Å². The van der Waals surface area contributed by atoms with Crippen LogP contribution in [-0.4, -0.2) is 39.4 Å². The Kier molecular flexibility index (Phi) is 10.1. The number of benzene rings is 3. The fourth-order valence-corrected chi connectivity index (χ4v) is 12.6. The molecule has 0 spiro atoms. The zero-order chi connectivity index (χ0) is 36.1. The zero-order valence-electron chi connectivity index (χ0n) is 32.8. The summed E-state index contributed by atoms with van der Waals surface area (Å²) in [5.74, 6) is 9.31. The Bertz CT molecular complexity index is 2120. The second-order valence-corrected chi connectivity index (χ2v) is 39.8. The summed E-state index contributed by atoms with van der Waals surface area (Å²) < 4.78 is 8.42. The van der Waals surface area contributed by atoms with Gasteiger partial charge in [0.25, 0.3) is 0 Å². The van der Waals surface area contributed by atoms with E-state index in [1.807, 2.05) is 0 Å². The van der Waals surface area contributed by atoms with Crippen LogP contribution in [0.1, 0.15) is 52.8 Å². The van der Waals surface area contributed by atoms with Gasteiger partial charge in [0, 0.05) is 0 Å². The summed E-state index contributed by atoms with van der Waals surface area (Å²) in [5.41, 5.74) is 8.12. The molecule has 3 aromatic carbocycles. The predicted octanol–water partition coefficient (Wildman–Crippen LogP) is 10.6. The molecule has 1 aliphatic rings. The minimum absolute atomic E-state index is 0. The minimum Gasteiger partial charge on any atom is 2.00 e. The molecule has 1 aliphatic heterocycles. The largest absolute Gasteiger partial charge is 2.00 e. The minimum atomic E-state index is -2.34. The maximum absolute atomic E-state index is 6.95. The summed E-state index contributed by atoms with van der Waals surface area (Å²) in [6, 6.07) is 28.0. The first-order valence-electron chi connectivity index (χ1n) is 17.8. The van der Waals surface area contributed by atoms with Crippen molar-refractivity contribution in [2.75, 3.05) is 0 Å². The van der Waals surface area contributed by atoms with Crippen LogP contribution >= 0.6 is 0 Å². The SMILES string of the molecule is CC(C)(C)c1cc(-c2cccc(C(C)(C)C)n2)[c-]c(-c2cc3[c]([Ge]([CH3])([CH3])[CH3])ccc4c3c(n2)-c2[c-]c([Si](C)(C)C)cc([Si](C)(C)C)c2O4)c1.[Pt+2]. The van der Waals surface area contributed by atoms with Crippen LogP contribution in [0.4, 0.5) is 0 Å². The van der Waals surface area contributed by atoms with E-state index in [4.69, 9.17) is 14.7 Å². The third kappa shape index (κ3) is 7.45. The van der Waals surface area contributed by atoms with Crippen molar-refractivity contribution >= 4 is 55.0 Å². The summed E-state index contributed by atoms with van der Waals surface area (Å²) in [4.78, 5) is 10.8. The molecule has 3 nitrogen and oxygen atoms in total. The third-order valence-electron chi connectivity index (χ3n) is 9.65. The van der Waals surface area contributed by atoms with Crippen molar-refractivity contribution < 1.29 is 25.8 Å². The smallest absolute Gasteiger partial charge is 2.00 e. The van der Waals surface area contributed by atoms with Crippen LogP contribution < -0.4 is 19.5 Å². The van der Waals surface area contributed by atoms with Crippen LogP contribution in [0, 0.1) is 12.1 Å². The molecule has 0 unspecified atom stereocenters. The molecular formula is C43H54GeN2OPtSi2. The number of fused-ring (bicyclic) bond motifs is 2. The monoisotopic (exact) mass is 939 g/mol. The fourth-order valence-electron chi connectivity index (χ4n) is 6.59. The van der Waals surface area contributed by atoms with E-state index in [-0.39, 0.29) is 31.9 Å². The van der Waals surface area contributed by atoms with E-state index in [1.165, 1.54) is 25.7 Å². The van der Waals surface area contributed by atoms with Crippen molar-refractivity contribution in [1.82, 2.24) is 9.97 Å². The standard InChI is InChI=1S/C43H54GeN2OSi2.Pt/c1-42(2,3)29-22-27(34-17-16-18-38(45-34)43(4,5)6)21-28(23-29)35-26-31-33(44(7,8)9)19-20-36-39(31)40(46-35)32-24-30(48(10,11)12)25-37(41(32)47-36)49(13,14)15;/h16-20,22-23,25-26H,1-15H3;/q-2;+2. The van der Waals surface area contributed by atoms with Crippen LogP contribution in [0.15, 0.2) is 54.6 Å². The number of hydrogen-bond donors (Lipinski definition) is 0. The van der Waals surface area contributed by atoms with Gasteiger partial charge in [0.05, 0.1) is 0 Å². The molecule has 0 bridgehead atoms. The maximum atomic E-state index is 6.95. The average Bonchev–Trinajstić information content (AvgIpc) is 2.98. The number of nitrogens with zero attached hydrogens (tertiary/aromatic N) is 2. The molecule has 50 heavy (non-hydrogen) atoms. The van der Waals surface area contributed by atoms with Crippen LogP contribution in [0.25, 0.3) is 44.5 Å². The zero-order valence-corrected chi connectivity index (χ0v) is 39.2. The van der Waals surface area contributed by atoms with E-state index in [9.17, 15) is 0 Å². The first kappa shape index (κ1) is 38.9. The van der Waals surface area contributed by atoms with Gasteiger partial charge in [-0.25, -0.2) is 0 Å². The first-order chi connectivity index (χ1) is 22.4. The van der Waals surface area contributed by atoms with Gasteiger partial charge in [-0.1, -0.05) is 0 Å². The predicted molar refractivity (Wildman–Crippen MR) is 220 cm³/mol. The molecule has 5 aromatic rings. The van der Waals surface area contributed by atoms with Gasteiger partial charge in [0.2, 0.25) is 0 Å². The van der Waals surface area contributed by atoms with Gasteiger partial charge >= 0.3 is 323 Å². The van der Waals surface area contributed by atoms with Gasteiger partial charge < -0.3 is 0 Å². The molecule has 2 aromatic heterocycles. The van der Waals surface area contributed by atoms with E-state index in [2.05, 4.69) is 165 Å². The number of hydrogen-bond acceptors (Lipinski definition) is 3. The van der Waals surface area contributed by atoms with E-state index < -0.39 is 29.4 Å². The van der Waals surface area contributed by atoms with E-state index >= 15 is 0 Å². The first-order valence-corrected chi connectivity index (χ1v) is 32.1. The van der Waals surface area contributed by atoms with Crippen molar-refractivity contribution in [3.63, 3.8) is 0 Å². The Balaban J connectivity index is 0.00000486. The van der Waals surface area contributed by atoms with Crippen molar-refractivity contribution in [2.45, 2.75) is 109 Å². The van der Waals surface area contributed by atoms with Gasteiger partial charge in [-0.3, -0.25) is 0 Å². The summed E-state index contributed by atoms with van der Waals surface area (Å²) in [5, 5.41) is 5.09. The van der Waals surface area contributed by atoms with E-state index in [0.29, 0.717) is 0 Å². The summed E-state index contributed by atoms with van der Waals surface area (Å²) in [6.07, 6.45) is 0. The number of aromatic nitrogens is 2. The molecule has 0 N–H and O–H groups in total. The molecule has 0 radical (unpaired) electrons. The Labute approximate surface area is 320 Å². The average molecular weight is 939 g/mol. The normalized spacial score (nSPS) is 13.5. The second-order valence-electron chi connectivity index (χ2n) is 19.1. The number of pyridine rings is 2. The molecule has 0 saturated heterocycles. The molecule has 0 fully saturated rings. The van der Waals surface area contributed by atoms with Gasteiger partial charge in [-0.15, -0.1) is 0 Å². The number of rotatable bonds is 5. The topological polar surface area (TPSA) is 35.0 Å². The quantitative estimate of drug-likeness (QED) is 0.128. The molecular weight excluding hydrogens is 884 g/mol. The van der Waals surface area contributed by atoms with Crippen molar-refractivity contribution in [2.24, 2.45) is 0 Å². The van der Waals surface area contributed by atoms with Crippen molar-refractivity contribution in [3.05, 3.63) is 78.0 Å². The summed E-state index contributed by atoms with van der Waals surface area (Å²) >= 11 is -2.34. The Morgan fingerprint density at radius 1 is 0.700 bits per heavy atom. The van der Waals surface area contributed by atoms with Crippen molar-refractivity contribution in [3.8, 4) is 45.3 Å². The van der Waals surface area contributed by atoms with Gasteiger partial charge in [-0.2, -0.15) is 0 Å². The Hall–Kier alpha value is -2.32. The Morgan fingerprint density at radius 2 is 1.34 bits per heavy atom. The van der Waals surface area contributed by atoms with Crippen LogP contribution in [0.3, 0.4) is 0 Å². The third-order valence-corrected chi connectivity index (χ3v) is 17.8. The molecule has 7 heteroatoms. The molecule has 3 heterocycles. The van der Waals surface area contributed by atoms with Gasteiger partial charge in [0.15, 0.2) is 0 Å². The molecule has 0 aliphatic carbocycles. The molecule has 264 valence electrons. The Morgan fingerprint density at radius 3 is 1.90 bits per heavy atom. The van der Waals surface area contributed by atoms with Gasteiger partial charge in [0.1, 0.15) is 0 Å². The summed E-state index contributed by atoms with van der Waals surface area (Å²) in [7, 11) is -3.50. The van der Waals surface area contributed by atoms with Crippen LogP contribution in [0.2, 0.25) is 56.6 Å². The van der Waals surface area contributed by atoms with Crippen LogP contribution in [-0.2, 0) is 31.9 Å². The number of ether oxygens (including phenoxy) is 1. The molecule has 0 saturated carbocycles. The fraction of sp³-hybridized carbons (Fsp3) is 0.395. The second kappa shape index (κ2) is 13.0. The van der Waals surface area contributed by atoms with E-state index in [0.717, 1.165) is 56.4 Å². The molecule has 0 atom stereocenters. The maximum Gasteiger partial charge on any atom is 2.00 e. The molecule has 6 rings (SSSR count). The summed E-state index contributed by atoms with van der Waals surface area (Å²) in [6.45, 7) is 28.0. The van der Waals surface area contributed by atoms with E-state index in [1.54, 1.807) is 0 Å². The molecule has 0 amide bonds.